The number of imide groups is 1. The minimum atomic E-state index is -0.398. The highest BCUT2D eigenvalue weighted by atomic mass is 79.9. The van der Waals surface area contributed by atoms with Gasteiger partial charge in [-0.1, -0.05) is 15.9 Å². The zero-order valence-electron chi connectivity index (χ0n) is 12.0. The number of amides is 2. The van der Waals surface area contributed by atoms with Gasteiger partial charge in [0, 0.05) is 17.1 Å². The molecule has 1 heterocycles. The number of hydrogen-bond acceptors (Lipinski definition) is 6. The maximum absolute atomic E-state index is 12.2. The minimum absolute atomic E-state index is 0.0885. The van der Waals surface area contributed by atoms with Crippen LogP contribution in [0.3, 0.4) is 0 Å². The van der Waals surface area contributed by atoms with Crippen molar-refractivity contribution in [2.45, 2.75) is 0 Å². The summed E-state index contributed by atoms with van der Waals surface area (Å²) in [5, 5.41) is 9.75. The Kier molecular flexibility index (Phi) is 5.49. The highest BCUT2D eigenvalue weighted by molar-refractivity contribution is 9.10. The van der Waals surface area contributed by atoms with Gasteiger partial charge in [-0.15, -0.1) is 0 Å². The molecule has 1 fully saturated rings. The lowest BCUT2D eigenvalue weighted by Gasteiger charge is -2.11. The number of methoxy groups -OCH3 is 2. The smallest absolute Gasteiger partial charge is 0.293 e. The lowest BCUT2D eigenvalue weighted by molar-refractivity contribution is -0.123. The third kappa shape index (κ3) is 3.45. The van der Waals surface area contributed by atoms with Crippen molar-refractivity contribution in [3.8, 4) is 11.5 Å². The Morgan fingerprint density at radius 2 is 2.09 bits per heavy atom. The van der Waals surface area contributed by atoms with Crippen molar-refractivity contribution in [3.63, 3.8) is 0 Å². The molecule has 1 aromatic carbocycles. The molecule has 118 valence electrons. The normalized spacial score (nSPS) is 16.7. The lowest BCUT2D eigenvalue weighted by Crippen LogP contribution is -2.31. The Morgan fingerprint density at radius 1 is 1.36 bits per heavy atom. The number of aromatic hydroxyl groups is 1. The SMILES string of the molecule is COCCN1C(=O)S/C(=C/c2cc(Br)cc(OC)c2O)C1=O. The number of phenols is 1. The van der Waals surface area contributed by atoms with Crippen molar-refractivity contribution in [3.05, 3.63) is 27.1 Å². The van der Waals surface area contributed by atoms with Crippen molar-refractivity contribution in [2.24, 2.45) is 0 Å². The van der Waals surface area contributed by atoms with E-state index in [2.05, 4.69) is 15.9 Å². The first-order valence-electron chi connectivity index (χ1n) is 6.28. The highest BCUT2D eigenvalue weighted by Crippen LogP contribution is 2.38. The Balaban J connectivity index is 2.33. The van der Waals surface area contributed by atoms with Crippen LogP contribution >= 0.6 is 27.7 Å². The van der Waals surface area contributed by atoms with Crippen LogP contribution in [0.5, 0.6) is 11.5 Å². The van der Waals surface area contributed by atoms with E-state index >= 15 is 0 Å². The van der Waals surface area contributed by atoms with Gasteiger partial charge in [-0.25, -0.2) is 0 Å². The summed E-state index contributed by atoms with van der Waals surface area (Å²) >= 11 is 4.14. The summed E-state index contributed by atoms with van der Waals surface area (Å²) < 4.78 is 10.6. The number of ether oxygens (including phenoxy) is 2. The first-order chi connectivity index (χ1) is 10.5. The molecule has 6 nitrogen and oxygen atoms in total. The molecule has 0 saturated carbocycles. The number of phenolic OH excluding ortho intramolecular Hbond substituents is 1. The summed E-state index contributed by atoms with van der Waals surface area (Å²) in [6, 6.07) is 3.25. The van der Waals surface area contributed by atoms with E-state index in [1.807, 2.05) is 0 Å². The van der Waals surface area contributed by atoms with Gasteiger partial charge in [0.15, 0.2) is 11.5 Å². The van der Waals surface area contributed by atoms with Gasteiger partial charge >= 0.3 is 0 Å². The summed E-state index contributed by atoms with van der Waals surface area (Å²) in [7, 11) is 2.94. The summed E-state index contributed by atoms with van der Waals surface area (Å²) in [4.78, 5) is 25.4. The molecule has 1 saturated heterocycles. The van der Waals surface area contributed by atoms with Crippen LogP contribution < -0.4 is 4.74 Å². The molecular weight excluding hydrogens is 374 g/mol. The second-order valence-corrected chi connectivity index (χ2v) is 6.28. The number of nitrogens with zero attached hydrogens (tertiary/aromatic N) is 1. The molecule has 0 bridgehead atoms. The molecule has 2 rings (SSSR count). The van der Waals surface area contributed by atoms with Crippen LogP contribution in [0.15, 0.2) is 21.5 Å². The molecule has 0 radical (unpaired) electrons. The molecule has 0 aromatic heterocycles. The standard InChI is InChI=1S/C14H14BrNO5S/c1-20-4-3-16-13(18)11(22-14(16)19)6-8-5-9(15)7-10(21-2)12(8)17/h5-7,17H,3-4H2,1-2H3/b11-6+. The predicted molar refractivity (Wildman–Crippen MR) is 86.9 cm³/mol. The quantitative estimate of drug-likeness (QED) is 0.782. The molecule has 1 N–H and O–H groups in total. The largest absolute Gasteiger partial charge is 0.504 e. The zero-order chi connectivity index (χ0) is 16.3. The second-order valence-electron chi connectivity index (χ2n) is 4.37. The van der Waals surface area contributed by atoms with Crippen molar-refractivity contribution in [1.29, 1.82) is 0 Å². The Hall–Kier alpha value is -1.51. The third-order valence-corrected chi connectivity index (χ3v) is 4.33. The van der Waals surface area contributed by atoms with Crippen LogP contribution in [0.4, 0.5) is 4.79 Å². The molecule has 0 atom stereocenters. The van der Waals surface area contributed by atoms with Crippen molar-refractivity contribution in [2.75, 3.05) is 27.4 Å². The molecule has 22 heavy (non-hydrogen) atoms. The zero-order valence-corrected chi connectivity index (χ0v) is 14.4. The molecule has 2 amide bonds. The van der Waals surface area contributed by atoms with E-state index in [-0.39, 0.29) is 34.8 Å². The van der Waals surface area contributed by atoms with Gasteiger partial charge in [-0.3, -0.25) is 14.5 Å². The van der Waals surface area contributed by atoms with Gasteiger partial charge in [-0.05, 0) is 30.0 Å². The van der Waals surface area contributed by atoms with Crippen LogP contribution in [-0.4, -0.2) is 48.5 Å². The Bertz CT molecular complexity index is 646. The molecule has 1 aliphatic rings. The van der Waals surface area contributed by atoms with E-state index in [0.29, 0.717) is 10.0 Å². The fraction of sp³-hybridized carbons (Fsp3) is 0.286. The summed E-state index contributed by atoms with van der Waals surface area (Å²) in [5.41, 5.74) is 0.392. The van der Waals surface area contributed by atoms with Crippen LogP contribution in [0, 0.1) is 0 Å². The Morgan fingerprint density at radius 3 is 2.73 bits per heavy atom. The molecule has 1 aliphatic heterocycles. The molecule has 0 spiro atoms. The molecule has 1 aromatic rings. The number of benzene rings is 1. The van der Waals surface area contributed by atoms with E-state index in [1.165, 1.54) is 20.3 Å². The van der Waals surface area contributed by atoms with Gasteiger partial charge in [0.05, 0.1) is 25.2 Å². The molecule has 0 unspecified atom stereocenters. The minimum Gasteiger partial charge on any atom is -0.504 e. The van der Waals surface area contributed by atoms with Crippen LogP contribution in [0.25, 0.3) is 6.08 Å². The van der Waals surface area contributed by atoms with E-state index < -0.39 is 5.91 Å². The van der Waals surface area contributed by atoms with Gasteiger partial charge in [0.25, 0.3) is 11.1 Å². The number of thioether (sulfide) groups is 1. The van der Waals surface area contributed by atoms with Gasteiger partial charge in [0.2, 0.25) is 0 Å². The van der Waals surface area contributed by atoms with Gasteiger partial charge in [-0.2, -0.15) is 0 Å². The number of rotatable bonds is 5. The maximum atomic E-state index is 12.2. The van der Waals surface area contributed by atoms with Crippen LogP contribution in [-0.2, 0) is 9.53 Å². The molecule has 0 aliphatic carbocycles. The van der Waals surface area contributed by atoms with E-state index in [1.54, 1.807) is 12.1 Å². The number of hydrogen-bond donors (Lipinski definition) is 1. The monoisotopic (exact) mass is 387 g/mol. The fourth-order valence-corrected chi connectivity index (χ4v) is 3.19. The lowest BCUT2D eigenvalue weighted by atomic mass is 10.1. The maximum Gasteiger partial charge on any atom is 0.293 e. The number of halogens is 1. The third-order valence-electron chi connectivity index (χ3n) is 2.97. The van der Waals surface area contributed by atoms with Crippen LogP contribution in [0.1, 0.15) is 5.56 Å². The van der Waals surface area contributed by atoms with E-state index in [4.69, 9.17) is 9.47 Å². The average molecular weight is 388 g/mol. The molecular formula is C14H14BrNO5S. The van der Waals surface area contributed by atoms with Crippen molar-refractivity contribution in [1.82, 2.24) is 4.90 Å². The van der Waals surface area contributed by atoms with Crippen molar-refractivity contribution < 1.29 is 24.2 Å². The van der Waals surface area contributed by atoms with E-state index in [0.717, 1.165) is 16.7 Å². The summed E-state index contributed by atoms with van der Waals surface area (Å²) in [6.07, 6.45) is 1.47. The fourth-order valence-electron chi connectivity index (χ4n) is 1.88. The van der Waals surface area contributed by atoms with Gasteiger partial charge < -0.3 is 14.6 Å². The highest BCUT2D eigenvalue weighted by Gasteiger charge is 2.34. The summed E-state index contributed by atoms with van der Waals surface area (Å²) in [5.74, 6) is -0.209. The second kappa shape index (κ2) is 7.17. The molecule has 8 heteroatoms. The first-order valence-corrected chi connectivity index (χ1v) is 7.89. The number of carbonyl (C=O) groups is 2. The Labute approximate surface area is 140 Å². The topological polar surface area (TPSA) is 76.1 Å². The average Bonchev–Trinajstić information content (AvgIpc) is 2.75. The predicted octanol–water partition coefficient (Wildman–Crippen LogP) is 2.85. The number of carbonyl (C=O) groups excluding carboxylic acids is 2. The van der Waals surface area contributed by atoms with E-state index in [9.17, 15) is 14.7 Å². The first kappa shape index (κ1) is 16.9. The van der Waals surface area contributed by atoms with Crippen molar-refractivity contribution >= 4 is 44.9 Å². The summed E-state index contributed by atoms with van der Waals surface area (Å²) in [6.45, 7) is 0.480. The van der Waals surface area contributed by atoms with Crippen LogP contribution in [0.2, 0.25) is 0 Å². The van der Waals surface area contributed by atoms with Gasteiger partial charge in [0.1, 0.15) is 0 Å².